The summed E-state index contributed by atoms with van der Waals surface area (Å²) in [6, 6.07) is 14.5. The zero-order valence-electron chi connectivity index (χ0n) is 21.6. The normalized spacial score (nSPS) is 17.4. The molecule has 2 fully saturated rings. The van der Waals surface area contributed by atoms with Crippen LogP contribution >= 0.6 is 11.3 Å². The Morgan fingerprint density at radius 1 is 1.10 bits per heavy atom. The highest BCUT2D eigenvalue weighted by Crippen LogP contribution is 2.34. The molecule has 13 nitrogen and oxygen atoms in total. The summed E-state index contributed by atoms with van der Waals surface area (Å²) in [6.45, 7) is 1.59. The van der Waals surface area contributed by atoms with Gasteiger partial charge >= 0.3 is 17.2 Å². The van der Waals surface area contributed by atoms with Gasteiger partial charge in [0.05, 0.1) is 39.8 Å². The number of carbonyl (C=O) groups is 2. The molecule has 2 aliphatic rings. The molecule has 2 aromatic carbocycles. The van der Waals surface area contributed by atoms with E-state index in [0.29, 0.717) is 36.2 Å². The minimum Gasteiger partial charge on any atom is -0.452 e. The number of methoxy groups -OCH3 is 1. The number of benzene rings is 2. The number of amides is 2. The van der Waals surface area contributed by atoms with Gasteiger partial charge in [0.2, 0.25) is 6.23 Å². The van der Waals surface area contributed by atoms with E-state index in [4.69, 9.17) is 4.74 Å². The van der Waals surface area contributed by atoms with E-state index in [0.717, 1.165) is 34.4 Å². The van der Waals surface area contributed by atoms with E-state index in [-0.39, 0.29) is 22.1 Å². The first-order valence-corrected chi connectivity index (χ1v) is 14.5. The fourth-order valence-electron chi connectivity index (χ4n) is 4.62. The van der Waals surface area contributed by atoms with E-state index < -0.39 is 39.2 Å². The molecule has 0 bridgehead atoms. The number of nitrogens with zero attached hydrogens (tertiary/aromatic N) is 5. The van der Waals surface area contributed by atoms with E-state index in [1.54, 1.807) is 12.1 Å². The quantitative estimate of drug-likeness (QED) is 0.288. The number of thiophene rings is 1. The summed E-state index contributed by atoms with van der Waals surface area (Å²) < 4.78 is 51.9. The lowest BCUT2D eigenvalue weighted by molar-refractivity contribution is -0.380. The third-order valence-corrected chi connectivity index (χ3v) is 9.51. The molecule has 41 heavy (non-hydrogen) atoms. The molecule has 0 saturated carbocycles. The fraction of sp³-hybridized carbons (Fsp3) is 0.280. The maximum absolute atomic E-state index is 15.3. The van der Waals surface area contributed by atoms with E-state index in [9.17, 15) is 28.1 Å². The average Bonchev–Trinajstić information content (AvgIpc) is 3.61. The second kappa shape index (κ2) is 11.2. The number of sulfonamides is 1. The van der Waals surface area contributed by atoms with Crippen LogP contribution in [0.1, 0.15) is 0 Å². The molecule has 1 aromatic heterocycles. The lowest BCUT2D eigenvalue weighted by atomic mass is 10.2. The number of nitro groups is 1. The number of rotatable bonds is 7. The molecule has 3 heterocycles. The van der Waals surface area contributed by atoms with Crippen LogP contribution in [0, 0.1) is 15.9 Å². The van der Waals surface area contributed by atoms with Crippen molar-refractivity contribution in [2.45, 2.75) is 11.1 Å². The Labute approximate surface area is 238 Å². The number of hydrogen-bond donors (Lipinski definition) is 0. The smallest absolute Gasteiger partial charge is 0.426 e. The van der Waals surface area contributed by atoms with Crippen molar-refractivity contribution < 1.29 is 36.8 Å². The first-order chi connectivity index (χ1) is 19.6. The van der Waals surface area contributed by atoms with Crippen LogP contribution < -0.4 is 14.7 Å². The van der Waals surface area contributed by atoms with Gasteiger partial charge in [0, 0.05) is 32.2 Å². The molecule has 216 valence electrons. The Bertz CT molecular complexity index is 1580. The van der Waals surface area contributed by atoms with Crippen LogP contribution in [-0.2, 0) is 19.5 Å². The van der Waals surface area contributed by atoms with Crippen LogP contribution in [0.15, 0.2) is 65.6 Å². The second-order valence-electron chi connectivity index (χ2n) is 9.01. The highest BCUT2D eigenvalue weighted by molar-refractivity contribution is 7.89. The fourth-order valence-corrected chi connectivity index (χ4v) is 6.91. The van der Waals surface area contributed by atoms with Gasteiger partial charge in [-0.15, -0.1) is 0 Å². The minimum absolute atomic E-state index is 0.0547. The molecule has 16 heteroatoms. The molecule has 0 N–H and O–H groups in total. The van der Waals surface area contributed by atoms with Gasteiger partial charge in [0.25, 0.3) is 10.0 Å². The highest BCUT2D eigenvalue weighted by atomic mass is 32.2. The van der Waals surface area contributed by atoms with E-state index in [1.165, 1.54) is 42.5 Å². The van der Waals surface area contributed by atoms with Gasteiger partial charge in [0.1, 0.15) is 5.82 Å². The summed E-state index contributed by atoms with van der Waals surface area (Å²) in [6.07, 6.45) is -3.76. The highest BCUT2D eigenvalue weighted by Gasteiger charge is 2.45. The standard InChI is InChI=1S/C25H24FN5O8S2/c1-38-25(33)30(41(36,37)18-5-3-2-4-6-18)21-16-29(24(32)39-21)17-7-8-20(19(26)15-17)27-11-13-28(14-12-27)22-9-10-23(40-22)31(34)35/h2-10,15,21H,11-14,16H2,1H3/t21-/m1/s1. The van der Waals surface area contributed by atoms with Crippen molar-refractivity contribution in [1.29, 1.82) is 0 Å². The van der Waals surface area contributed by atoms with E-state index in [2.05, 4.69) is 4.74 Å². The van der Waals surface area contributed by atoms with Crippen molar-refractivity contribution in [2.75, 3.05) is 54.5 Å². The van der Waals surface area contributed by atoms with Gasteiger partial charge in [-0.25, -0.2) is 22.4 Å². The number of halogens is 1. The van der Waals surface area contributed by atoms with Crippen LogP contribution in [0.4, 0.5) is 35.4 Å². The monoisotopic (exact) mass is 605 g/mol. The number of carbonyl (C=O) groups excluding carboxylic acids is 2. The minimum atomic E-state index is -4.44. The largest absolute Gasteiger partial charge is 0.452 e. The van der Waals surface area contributed by atoms with Crippen molar-refractivity contribution in [3.05, 3.63) is 76.6 Å². The lowest BCUT2D eigenvalue weighted by Crippen LogP contribution is -2.46. The topological polar surface area (TPSA) is 143 Å². The summed E-state index contributed by atoms with van der Waals surface area (Å²) in [5.41, 5.74) is 0.419. The van der Waals surface area contributed by atoms with Crippen molar-refractivity contribution in [1.82, 2.24) is 4.31 Å². The summed E-state index contributed by atoms with van der Waals surface area (Å²) in [7, 11) is -3.44. The third kappa shape index (κ3) is 5.47. The summed E-state index contributed by atoms with van der Waals surface area (Å²) in [5.74, 6) is -0.610. The van der Waals surface area contributed by atoms with Crippen molar-refractivity contribution in [3.8, 4) is 0 Å². The molecule has 0 spiro atoms. The third-order valence-electron chi connectivity index (χ3n) is 6.64. The predicted molar refractivity (Wildman–Crippen MR) is 147 cm³/mol. The molecular weight excluding hydrogens is 581 g/mol. The first-order valence-electron chi connectivity index (χ1n) is 12.3. The lowest BCUT2D eigenvalue weighted by Gasteiger charge is -2.36. The molecule has 2 aliphatic heterocycles. The van der Waals surface area contributed by atoms with Gasteiger partial charge in [-0.3, -0.25) is 15.0 Å². The Balaban J connectivity index is 1.29. The number of piperazine rings is 1. The van der Waals surface area contributed by atoms with Crippen LogP contribution in [0.3, 0.4) is 0 Å². The zero-order chi connectivity index (χ0) is 29.3. The van der Waals surface area contributed by atoms with Crippen LogP contribution in [0.5, 0.6) is 0 Å². The molecule has 2 amide bonds. The molecular formula is C25H24FN5O8S2. The molecule has 5 rings (SSSR count). The van der Waals surface area contributed by atoms with Crippen LogP contribution in [-0.4, -0.2) is 75.9 Å². The van der Waals surface area contributed by atoms with Gasteiger partial charge < -0.3 is 19.3 Å². The summed E-state index contributed by atoms with van der Waals surface area (Å²) in [4.78, 5) is 40.4. The first kappa shape index (κ1) is 28.1. The van der Waals surface area contributed by atoms with E-state index in [1.807, 2.05) is 9.80 Å². The Morgan fingerprint density at radius 2 is 1.78 bits per heavy atom. The van der Waals surface area contributed by atoms with Gasteiger partial charge in [-0.05, 0) is 47.7 Å². The molecule has 1 atom stereocenters. The SMILES string of the molecule is COC(=O)N([C@H]1CN(c2ccc(N3CCN(c4ccc([N+](=O)[O-])s4)CC3)c(F)c2)C(=O)O1)S(=O)(=O)c1ccccc1. The number of ether oxygens (including phenoxy) is 2. The molecule has 3 aromatic rings. The number of hydrogen-bond acceptors (Lipinski definition) is 11. The summed E-state index contributed by atoms with van der Waals surface area (Å²) >= 11 is 1.08. The number of anilines is 3. The van der Waals surface area contributed by atoms with Crippen molar-refractivity contribution in [2.24, 2.45) is 0 Å². The van der Waals surface area contributed by atoms with Crippen LogP contribution in [0.2, 0.25) is 0 Å². The van der Waals surface area contributed by atoms with Crippen LogP contribution in [0.25, 0.3) is 0 Å². The second-order valence-corrected chi connectivity index (χ2v) is 11.9. The average molecular weight is 606 g/mol. The maximum atomic E-state index is 15.3. The predicted octanol–water partition coefficient (Wildman–Crippen LogP) is 3.86. The van der Waals surface area contributed by atoms with Gasteiger partial charge in [-0.2, -0.15) is 4.31 Å². The van der Waals surface area contributed by atoms with Crippen molar-refractivity contribution >= 4 is 54.9 Å². The number of cyclic esters (lactones) is 1. The Hall–Kier alpha value is -4.44. The molecule has 0 radical (unpaired) electrons. The molecule has 0 unspecified atom stereocenters. The molecule has 2 saturated heterocycles. The summed E-state index contributed by atoms with van der Waals surface area (Å²) in [5, 5.41) is 11.8. The Kier molecular flexibility index (Phi) is 7.68. The zero-order valence-corrected chi connectivity index (χ0v) is 23.2. The Morgan fingerprint density at radius 3 is 2.39 bits per heavy atom. The molecule has 0 aliphatic carbocycles. The van der Waals surface area contributed by atoms with E-state index >= 15 is 4.39 Å². The maximum Gasteiger partial charge on any atom is 0.426 e. The van der Waals surface area contributed by atoms with Gasteiger partial charge in [-0.1, -0.05) is 18.2 Å². The van der Waals surface area contributed by atoms with Crippen molar-refractivity contribution in [3.63, 3.8) is 0 Å². The van der Waals surface area contributed by atoms with Gasteiger partial charge in [0.15, 0.2) is 0 Å².